The van der Waals surface area contributed by atoms with Crippen LogP contribution in [0.4, 0.5) is 11.6 Å². The van der Waals surface area contributed by atoms with Gasteiger partial charge in [0.1, 0.15) is 11.4 Å². The first-order chi connectivity index (χ1) is 18.6. The van der Waals surface area contributed by atoms with Gasteiger partial charge in [0.25, 0.3) is 12.1 Å². The first-order valence-corrected chi connectivity index (χ1v) is 13.5. The van der Waals surface area contributed by atoms with E-state index in [4.69, 9.17) is 9.26 Å². The maximum absolute atomic E-state index is 13.4. The monoisotopic (exact) mass is 532 g/mol. The highest BCUT2D eigenvalue weighted by Gasteiger charge is 2.32. The highest BCUT2D eigenvalue weighted by Crippen LogP contribution is 2.31. The van der Waals surface area contributed by atoms with E-state index in [1.165, 1.54) is 11.3 Å². The van der Waals surface area contributed by atoms with Crippen molar-refractivity contribution in [2.24, 2.45) is 9.98 Å². The summed E-state index contributed by atoms with van der Waals surface area (Å²) in [6.07, 6.45) is 6.70. The molecular weight excluding hydrogens is 504 g/mol. The van der Waals surface area contributed by atoms with E-state index >= 15 is 0 Å². The van der Waals surface area contributed by atoms with Crippen LogP contribution >= 0.6 is 11.8 Å². The molecule has 0 spiro atoms. The zero-order chi connectivity index (χ0) is 26.3. The molecule has 0 saturated carbocycles. The Bertz CT molecular complexity index is 1360. The van der Waals surface area contributed by atoms with Gasteiger partial charge in [-0.05, 0) is 56.4 Å². The van der Waals surface area contributed by atoms with Crippen LogP contribution in [0.3, 0.4) is 0 Å². The molecular formula is C27H28N6O4S. The standard InChI is InChI=1S/C27H28N6O4S/c1-2-36-23-14-8-7-11-20(23)17-22-26(35)33(21-12-5-3-6-13-21)27(28-22)38-19-24(34)29-25-18-32(30-37-25)31-15-9-4-10-16-31/h3,5-8,11-14,17-18H,2,4,9-10,15-16,19H2,1H3/b22-17+. The molecule has 0 radical (unpaired) electrons. The lowest BCUT2D eigenvalue weighted by Gasteiger charge is -2.18. The highest BCUT2D eigenvalue weighted by atomic mass is 32.2. The van der Waals surface area contributed by atoms with Crippen LogP contribution in [0, 0.1) is 0 Å². The fourth-order valence-electron chi connectivity index (χ4n) is 4.21. The zero-order valence-electron chi connectivity index (χ0n) is 21.0. The van der Waals surface area contributed by atoms with E-state index in [1.54, 1.807) is 17.1 Å². The van der Waals surface area contributed by atoms with Gasteiger partial charge in [0.15, 0.2) is 5.17 Å². The number of piperidine rings is 1. The van der Waals surface area contributed by atoms with Gasteiger partial charge in [-0.15, -0.1) is 0 Å². The fraction of sp³-hybridized carbons (Fsp3) is 0.296. The molecule has 11 heteroatoms. The van der Waals surface area contributed by atoms with E-state index in [1.807, 2.05) is 61.5 Å². The van der Waals surface area contributed by atoms with E-state index in [9.17, 15) is 9.90 Å². The normalized spacial score (nSPS) is 17.3. The lowest BCUT2D eigenvalue weighted by atomic mass is 10.1. The van der Waals surface area contributed by atoms with Crippen molar-refractivity contribution >= 4 is 46.4 Å². The predicted octanol–water partition coefficient (Wildman–Crippen LogP) is 3.05. The lowest BCUT2D eigenvalue weighted by molar-refractivity contribution is -0.759. The van der Waals surface area contributed by atoms with Gasteiger partial charge in [0.05, 0.1) is 30.2 Å². The van der Waals surface area contributed by atoms with Crippen molar-refractivity contribution in [1.29, 1.82) is 0 Å². The molecule has 2 aliphatic rings. The number of amides is 1. The molecule has 3 aromatic rings. The van der Waals surface area contributed by atoms with Crippen LogP contribution in [0.5, 0.6) is 5.75 Å². The zero-order valence-corrected chi connectivity index (χ0v) is 21.8. The number of nitrogens with zero attached hydrogens (tertiary/aromatic N) is 6. The summed E-state index contributed by atoms with van der Waals surface area (Å²) in [5.41, 5.74) is 1.66. The molecule has 1 saturated heterocycles. The molecule has 0 N–H and O–H groups in total. The predicted molar refractivity (Wildman–Crippen MR) is 145 cm³/mol. The number of amidine groups is 1. The van der Waals surface area contributed by atoms with E-state index < -0.39 is 5.90 Å². The summed E-state index contributed by atoms with van der Waals surface area (Å²) in [5, 5.41) is 19.1. The number of hydrogen-bond donors (Lipinski definition) is 0. The average molecular weight is 533 g/mol. The van der Waals surface area contributed by atoms with Gasteiger partial charge in [-0.2, -0.15) is 5.01 Å². The summed E-state index contributed by atoms with van der Waals surface area (Å²) in [6.45, 7) is 4.18. The average Bonchev–Trinajstić information content (AvgIpc) is 3.54. The second-order valence-corrected chi connectivity index (χ2v) is 9.58. The summed E-state index contributed by atoms with van der Waals surface area (Å²) in [6, 6.07) is 16.7. The van der Waals surface area contributed by atoms with Gasteiger partial charge < -0.3 is 9.84 Å². The number of hydrogen-bond acceptors (Lipinski definition) is 9. The molecule has 1 fully saturated rings. The van der Waals surface area contributed by atoms with Crippen molar-refractivity contribution in [3.8, 4) is 5.75 Å². The van der Waals surface area contributed by atoms with Gasteiger partial charge in [0.2, 0.25) is 5.27 Å². The van der Waals surface area contributed by atoms with E-state index in [-0.39, 0.29) is 23.2 Å². The largest absolute Gasteiger partial charge is 0.861 e. The molecule has 5 rings (SSSR count). The topological polar surface area (TPSA) is 110 Å². The van der Waals surface area contributed by atoms with Crippen LogP contribution in [0.2, 0.25) is 0 Å². The van der Waals surface area contributed by atoms with Crippen LogP contribution in [0.15, 0.2) is 81.0 Å². The highest BCUT2D eigenvalue weighted by molar-refractivity contribution is 8.14. The number of carbonyl (C=O) groups excluding carboxylic acids is 1. The Balaban J connectivity index is 1.36. The number of rotatable bonds is 8. The Kier molecular flexibility index (Phi) is 8.03. The number of aromatic nitrogens is 2. The van der Waals surface area contributed by atoms with E-state index in [2.05, 4.69) is 20.3 Å². The molecule has 196 valence electrons. The van der Waals surface area contributed by atoms with Crippen LogP contribution in [-0.4, -0.2) is 47.7 Å². The Hall–Kier alpha value is -4.12. The maximum Gasteiger partial charge on any atom is 0.324 e. The molecule has 0 unspecified atom stereocenters. The minimum absolute atomic E-state index is 0.0251. The Morgan fingerprint density at radius 1 is 1.16 bits per heavy atom. The van der Waals surface area contributed by atoms with Crippen LogP contribution in [-0.2, 0) is 4.79 Å². The number of para-hydroxylation sites is 2. The van der Waals surface area contributed by atoms with Crippen LogP contribution in [0.1, 0.15) is 31.7 Å². The summed E-state index contributed by atoms with van der Waals surface area (Å²) in [5.74, 6) is 0.0774. The molecule has 10 nitrogen and oxygen atoms in total. The minimum Gasteiger partial charge on any atom is -0.861 e. The van der Waals surface area contributed by atoms with Gasteiger partial charge in [-0.3, -0.25) is 14.2 Å². The van der Waals surface area contributed by atoms with Gasteiger partial charge in [-0.1, -0.05) is 48.2 Å². The van der Waals surface area contributed by atoms with Gasteiger partial charge >= 0.3 is 5.88 Å². The second kappa shape index (κ2) is 12.0. The fourth-order valence-corrected chi connectivity index (χ4v) is 5.01. The molecule has 38 heavy (non-hydrogen) atoms. The van der Waals surface area contributed by atoms with Crippen LogP contribution in [0.25, 0.3) is 6.08 Å². The summed E-state index contributed by atoms with van der Waals surface area (Å²) >= 11 is 1.14. The number of benzene rings is 2. The number of anilines is 1. The molecule has 0 aliphatic carbocycles. The molecule has 0 atom stereocenters. The number of thioether (sulfide) groups is 1. The Morgan fingerprint density at radius 2 is 1.92 bits per heavy atom. The molecule has 0 bridgehead atoms. The molecule has 2 aliphatic heterocycles. The SMILES string of the molecule is CCOc1ccccc1/C=C1/N=C(SC/C([O-])=N\c2c[n+](N3CCCCC3)no2)N(c2ccccc2)C1=O. The Labute approximate surface area is 224 Å². The van der Waals surface area contributed by atoms with E-state index in [0.717, 1.165) is 43.3 Å². The number of aliphatic imine (C=N–C) groups is 2. The second-order valence-electron chi connectivity index (χ2n) is 8.64. The first-order valence-electron chi connectivity index (χ1n) is 12.6. The minimum atomic E-state index is -0.417. The van der Waals surface area contributed by atoms with Crippen LogP contribution < -0.4 is 24.5 Å². The third-order valence-corrected chi connectivity index (χ3v) is 6.90. The van der Waals surface area contributed by atoms with Crippen molar-refractivity contribution in [2.75, 3.05) is 35.4 Å². The molecule has 1 aromatic heterocycles. The van der Waals surface area contributed by atoms with Crippen molar-refractivity contribution < 1.29 is 24.0 Å². The first kappa shape index (κ1) is 25.5. The van der Waals surface area contributed by atoms with Crippen molar-refractivity contribution in [1.82, 2.24) is 5.27 Å². The summed E-state index contributed by atoms with van der Waals surface area (Å²) < 4.78 is 10.9. The van der Waals surface area contributed by atoms with Gasteiger partial charge in [-0.25, -0.2) is 9.98 Å². The third-order valence-electron chi connectivity index (χ3n) is 5.98. The van der Waals surface area contributed by atoms with Crippen molar-refractivity contribution in [2.45, 2.75) is 26.2 Å². The van der Waals surface area contributed by atoms with E-state index in [0.29, 0.717) is 23.2 Å². The van der Waals surface area contributed by atoms with Crippen molar-refractivity contribution in [3.05, 3.63) is 72.1 Å². The molecule has 3 heterocycles. The smallest absolute Gasteiger partial charge is 0.324 e. The number of carbonyl (C=O) groups is 1. The molecule has 2 aromatic carbocycles. The van der Waals surface area contributed by atoms with Crippen molar-refractivity contribution in [3.63, 3.8) is 0 Å². The summed E-state index contributed by atoms with van der Waals surface area (Å²) in [7, 11) is 0. The third kappa shape index (κ3) is 5.88. The maximum atomic E-state index is 13.4. The quantitative estimate of drug-likeness (QED) is 0.190. The number of ether oxygens (including phenoxy) is 1. The lowest BCUT2D eigenvalue weighted by Crippen LogP contribution is -2.60. The Morgan fingerprint density at radius 3 is 2.71 bits per heavy atom. The molecule has 1 amide bonds. The van der Waals surface area contributed by atoms with Gasteiger partial charge in [0, 0.05) is 11.3 Å². The summed E-state index contributed by atoms with van der Waals surface area (Å²) in [4.78, 5) is 25.2.